The third-order valence-electron chi connectivity index (χ3n) is 5.37. The molecule has 2 aromatic heterocycles. The van der Waals surface area contributed by atoms with Gasteiger partial charge >= 0.3 is 0 Å². The molecule has 0 spiro atoms. The van der Waals surface area contributed by atoms with Crippen LogP contribution in [0.15, 0.2) is 73.1 Å². The maximum atomic E-state index is 5.86. The van der Waals surface area contributed by atoms with Crippen LogP contribution in [-0.2, 0) is 19.6 Å². The van der Waals surface area contributed by atoms with Gasteiger partial charge in [-0.15, -0.1) is 5.10 Å². The molecule has 0 aliphatic carbocycles. The lowest BCUT2D eigenvalue weighted by atomic mass is 10.1. The molecular formula is C25H27N5OS. The molecule has 0 unspecified atom stereocenters. The standard InChI is InChI=1S/C25H27N5OS/c1-4-19-5-7-20(8-6-19)17-28(2)18-29-25(32)30(22-9-11-23(31-3)12-10-22)24(27-29)21-13-15-26-16-14-21/h5-16H,4,17-18H2,1-3H3. The zero-order valence-corrected chi connectivity index (χ0v) is 19.4. The molecule has 32 heavy (non-hydrogen) atoms. The van der Waals surface area contributed by atoms with Crippen LogP contribution in [0, 0.1) is 4.77 Å². The van der Waals surface area contributed by atoms with E-state index in [9.17, 15) is 0 Å². The molecule has 164 valence electrons. The van der Waals surface area contributed by atoms with Crippen LogP contribution < -0.4 is 4.74 Å². The molecule has 0 saturated heterocycles. The van der Waals surface area contributed by atoms with E-state index in [-0.39, 0.29) is 0 Å². The molecule has 0 aliphatic rings. The van der Waals surface area contributed by atoms with Crippen molar-refractivity contribution in [3.05, 3.63) is 89.0 Å². The maximum absolute atomic E-state index is 5.86. The number of pyridine rings is 1. The normalized spacial score (nSPS) is 11.1. The van der Waals surface area contributed by atoms with E-state index in [4.69, 9.17) is 22.1 Å². The van der Waals surface area contributed by atoms with Gasteiger partial charge in [0.25, 0.3) is 0 Å². The second-order valence-electron chi connectivity index (χ2n) is 7.70. The van der Waals surface area contributed by atoms with Crippen molar-refractivity contribution in [2.45, 2.75) is 26.6 Å². The number of benzene rings is 2. The van der Waals surface area contributed by atoms with Gasteiger partial charge in [-0.2, -0.15) is 0 Å². The Labute approximate surface area is 193 Å². The largest absolute Gasteiger partial charge is 0.497 e. The number of aryl methyl sites for hydroxylation is 1. The van der Waals surface area contributed by atoms with Gasteiger partial charge < -0.3 is 4.74 Å². The highest BCUT2D eigenvalue weighted by atomic mass is 32.1. The van der Waals surface area contributed by atoms with Gasteiger partial charge in [-0.05, 0) is 73.2 Å². The molecule has 0 N–H and O–H groups in total. The lowest BCUT2D eigenvalue weighted by Crippen LogP contribution is -2.22. The fraction of sp³-hybridized carbons (Fsp3) is 0.240. The summed E-state index contributed by atoms with van der Waals surface area (Å²) >= 11 is 5.86. The van der Waals surface area contributed by atoms with Crippen LogP contribution in [0.4, 0.5) is 0 Å². The second-order valence-corrected chi connectivity index (χ2v) is 8.07. The van der Waals surface area contributed by atoms with Gasteiger partial charge in [-0.1, -0.05) is 31.2 Å². The zero-order chi connectivity index (χ0) is 22.5. The molecule has 2 heterocycles. The van der Waals surface area contributed by atoms with E-state index in [1.165, 1.54) is 11.1 Å². The summed E-state index contributed by atoms with van der Waals surface area (Å²) in [5.41, 5.74) is 4.50. The number of methoxy groups -OCH3 is 1. The number of hydrogen-bond donors (Lipinski definition) is 0. The average Bonchev–Trinajstić information content (AvgIpc) is 3.16. The summed E-state index contributed by atoms with van der Waals surface area (Å²) in [6.07, 6.45) is 4.58. The van der Waals surface area contributed by atoms with Crippen molar-refractivity contribution >= 4 is 12.2 Å². The Morgan fingerprint density at radius 3 is 2.22 bits per heavy atom. The fourth-order valence-electron chi connectivity index (χ4n) is 3.62. The molecule has 0 radical (unpaired) electrons. The van der Waals surface area contributed by atoms with Crippen molar-refractivity contribution in [1.29, 1.82) is 0 Å². The van der Waals surface area contributed by atoms with Crippen LogP contribution in [0.25, 0.3) is 17.1 Å². The van der Waals surface area contributed by atoms with Crippen molar-refractivity contribution in [2.75, 3.05) is 14.2 Å². The summed E-state index contributed by atoms with van der Waals surface area (Å²) < 4.78 is 9.81. The van der Waals surface area contributed by atoms with Crippen LogP contribution in [0.1, 0.15) is 18.1 Å². The summed E-state index contributed by atoms with van der Waals surface area (Å²) in [6.45, 7) is 3.56. The topological polar surface area (TPSA) is 48.1 Å². The number of aromatic nitrogens is 4. The lowest BCUT2D eigenvalue weighted by Gasteiger charge is -2.16. The SMILES string of the molecule is CCc1ccc(CN(C)Cn2nc(-c3ccncc3)n(-c3ccc(OC)cc3)c2=S)cc1. The predicted octanol–water partition coefficient (Wildman–Crippen LogP) is 5.13. The van der Waals surface area contributed by atoms with E-state index in [1.807, 2.05) is 45.6 Å². The van der Waals surface area contributed by atoms with Gasteiger partial charge in [0.05, 0.1) is 19.5 Å². The van der Waals surface area contributed by atoms with Crippen LogP contribution >= 0.6 is 12.2 Å². The van der Waals surface area contributed by atoms with Crippen molar-refractivity contribution in [1.82, 2.24) is 24.2 Å². The smallest absolute Gasteiger partial charge is 0.204 e. The Balaban J connectivity index is 1.66. The van der Waals surface area contributed by atoms with E-state index >= 15 is 0 Å². The van der Waals surface area contributed by atoms with Gasteiger partial charge in [0.2, 0.25) is 4.77 Å². The predicted molar refractivity (Wildman–Crippen MR) is 129 cm³/mol. The van der Waals surface area contributed by atoms with Gasteiger partial charge in [0.1, 0.15) is 5.75 Å². The highest BCUT2D eigenvalue weighted by Gasteiger charge is 2.16. The quantitative estimate of drug-likeness (QED) is 0.352. The molecule has 0 amide bonds. The molecule has 0 atom stereocenters. The average molecular weight is 446 g/mol. The minimum absolute atomic E-state index is 0.579. The molecular weight excluding hydrogens is 418 g/mol. The van der Waals surface area contributed by atoms with E-state index < -0.39 is 0 Å². The Hall–Kier alpha value is -3.29. The third kappa shape index (κ3) is 4.79. The molecule has 2 aromatic carbocycles. The summed E-state index contributed by atoms with van der Waals surface area (Å²) in [6, 6.07) is 20.5. The number of rotatable bonds is 8. The van der Waals surface area contributed by atoms with Crippen LogP contribution in [-0.4, -0.2) is 38.4 Å². The minimum Gasteiger partial charge on any atom is -0.497 e. The summed E-state index contributed by atoms with van der Waals surface area (Å²) in [7, 11) is 3.74. The van der Waals surface area contributed by atoms with Gasteiger partial charge in [0, 0.05) is 24.5 Å². The molecule has 0 aliphatic heterocycles. The maximum Gasteiger partial charge on any atom is 0.204 e. The lowest BCUT2D eigenvalue weighted by molar-refractivity contribution is 0.244. The molecule has 4 aromatic rings. The molecule has 0 saturated carbocycles. The first-order valence-electron chi connectivity index (χ1n) is 10.6. The molecule has 0 bridgehead atoms. The minimum atomic E-state index is 0.579. The van der Waals surface area contributed by atoms with E-state index in [2.05, 4.69) is 48.1 Å². The van der Waals surface area contributed by atoms with Gasteiger partial charge in [-0.25, -0.2) is 4.68 Å². The Morgan fingerprint density at radius 1 is 0.938 bits per heavy atom. The molecule has 0 fully saturated rings. The highest BCUT2D eigenvalue weighted by Crippen LogP contribution is 2.24. The number of hydrogen-bond acceptors (Lipinski definition) is 5. The first kappa shape index (κ1) is 21.9. The molecule has 4 rings (SSSR count). The van der Waals surface area contributed by atoms with Gasteiger partial charge in [-0.3, -0.25) is 14.5 Å². The Bertz CT molecular complexity index is 1210. The Kier molecular flexibility index (Phi) is 6.78. The van der Waals surface area contributed by atoms with Crippen LogP contribution in [0.3, 0.4) is 0 Å². The Morgan fingerprint density at radius 2 is 1.59 bits per heavy atom. The first-order chi connectivity index (χ1) is 15.6. The fourth-order valence-corrected chi connectivity index (χ4v) is 3.91. The summed E-state index contributed by atoms with van der Waals surface area (Å²) in [5, 5.41) is 4.88. The summed E-state index contributed by atoms with van der Waals surface area (Å²) in [4.78, 5) is 6.34. The number of nitrogens with zero attached hydrogens (tertiary/aromatic N) is 5. The third-order valence-corrected chi connectivity index (χ3v) is 5.76. The number of ether oxygens (including phenoxy) is 1. The van der Waals surface area contributed by atoms with E-state index in [0.29, 0.717) is 11.4 Å². The van der Waals surface area contributed by atoms with E-state index in [1.54, 1.807) is 19.5 Å². The van der Waals surface area contributed by atoms with Crippen LogP contribution in [0.2, 0.25) is 0 Å². The molecule has 6 nitrogen and oxygen atoms in total. The van der Waals surface area contributed by atoms with E-state index in [0.717, 1.165) is 35.8 Å². The van der Waals surface area contributed by atoms with Gasteiger partial charge in [0.15, 0.2) is 5.82 Å². The van der Waals surface area contributed by atoms with Crippen molar-refractivity contribution in [3.63, 3.8) is 0 Å². The zero-order valence-electron chi connectivity index (χ0n) is 18.6. The highest BCUT2D eigenvalue weighted by molar-refractivity contribution is 7.71. The molecule has 7 heteroatoms. The van der Waals surface area contributed by atoms with Crippen molar-refractivity contribution in [2.24, 2.45) is 0 Å². The van der Waals surface area contributed by atoms with Crippen LogP contribution in [0.5, 0.6) is 5.75 Å². The second kappa shape index (κ2) is 9.89. The van der Waals surface area contributed by atoms with Crippen molar-refractivity contribution < 1.29 is 4.74 Å². The monoisotopic (exact) mass is 445 g/mol. The van der Waals surface area contributed by atoms with Crippen molar-refractivity contribution in [3.8, 4) is 22.8 Å². The first-order valence-corrected chi connectivity index (χ1v) is 11.0. The summed E-state index contributed by atoms with van der Waals surface area (Å²) in [5.74, 6) is 1.58.